The Bertz CT molecular complexity index is 279. The Morgan fingerprint density at radius 2 is 2.31 bits per heavy atom. The predicted octanol–water partition coefficient (Wildman–Crippen LogP) is 1.93. The highest BCUT2D eigenvalue weighted by molar-refractivity contribution is 5.93. The van der Waals surface area contributed by atoms with Gasteiger partial charge in [0, 0.05) is 5.57 Å². The van der Waals surface area contributed by atoms with E-state index in [1.165, 1.54) is 12.2 Å². The number of hydrogen-bond acceptors (Lipinski definition) is 1. The highest BCUT2D eigenvalue weighted by Gasteiger charge is 2.24. The van der Waals surface area contributed by atoms with Crippen molar-refractivity contribution >= 4 is 5.91 Å². The fourth-order valence-corrected chi connectivity index (χ4v) is 1.57. The van der Waals surface area contributed by atoms with Crippen LogP contribution in [0.3, 0.4) is 0 Å². The first-order chi connectivity index (χ1) is 6.02. The van der Waals surface area contributed by atoms with Gasteiger partial charge in [0.15, 0.2) is 0 Å². The average molecular weight is 183 g/mol. The smallest absolute Gasteiger partial charge is 0.245 e. The molecular weight excluding hydrogens is 169 g/mol. The second-order valence-electron chi connectivity index (χ2n) is 3.64. The summed E-state index contributed by atoms with van der Waals surface area (Å²) < 4.78 is 12.8. The first kappa shape index (κ1) is 9.96. The van der Waals surface area contributed by atoms with Gasteiger partial charge >= 0.3 is 0 Å². The molecule has 72 valence electrons. The van der Waals surface area contributed by atoms with Gasteiger partial charge in [-0.1, -0.05) is 13.8 Å². The van der Waals surface area contributed by atoms with Crippen molar-refractivity contribution in [3.63, 3.8) is 0 Å². The zero-order valence-electron chi connectivity index (χ0n) is 7.88. The molecule has 1 atom stereocenters. The van der Waals surface area contributed by atoms with Crippen LogP contribution < -0.4 is 5.73 Å². The lowest BCUT2D eigenvalue weighted by molar-refractivity contribution is -0.115. The molecule has 3 heteroatoms. The second-order valence-corrected chi connectivity index (χ2v) is 3.64. The van der Waals surface area contributed by atoms with Crippen LogP contribution in [-0.2, 0) is 4.79 Å². The van der Waals surface area contributed by atoms with Crippen molar-refractivity contribution in [3.05, 3.63) is 23.6 Å². The average Bonchev–Trinajstić information content (AvgIpc) is 2.03. The van der Waals surface area contributed by atoms with Gasteiger partial charge in [-0.05, 0) is 30.4 Å². The van der Waals surface area contributed by atoms with Crippen LogP contribution in [0, 0.1) is 11.8 Å². The van der Waals surface area contributed by atoms with Crippen LogP contribution in [0.25, 0.3) is 0 Å². The van der Waals surface area contributed by atoms with Gasteiger partial charge in [-0.15, -0.1) is 0 Å². The van der Waals surface area contributed by atoms with Crippen LogP contribution in [-0.4, -0.2) is 5.91 Å². The van der Waals surface area contributed by atoms with E-state index < -0.39 is 5.91 Å². The first-order valence-corrected chi connectivity index (χ1v) is 4.39. The molecule has 0 spiro atoms. The van der Waals surface area contributed by atoms with Crippen LogP contribution >= 0.6 is 0 Å². The number of carbonyl (C=O) groups excluding carboxylic acids is 1. The van der Waals surface area contributed by atoms with Crippen molar-refractivity contribution < 1.29 is 9.18 Å². The van der Waals surface area contributed by atoms with Gasteiger partial charge in [-0.3, -0.25) is 4.79 Å². The summed E-state index contributed by atoms with van der Waals surface area (Å²) in [6.45, 7) is 4.00. The number of allylic oxidation sites excluding steroid dienone is 3. The molecule has 0 aliphatic heterocycles. The Morgan fingerprint density at radius 3 is 2.77 bits per heavy atom. The number of halogens is 1. The number of primary amides is 1. The number of rotatable bonds is 2. The third-order valence-electron chi connectivity index (χ3n) is 2.35. The van der Waals surface area contributed by atoms with E-state index >= 15 is 0 Å². The van der Waals surface area contributed by atoms with Gasteiger partial charge in [0.1, 0.15) is 5.83 Å². The highest BCUT2D eigenvalue weighted by atomic mass is 19.1. The summed E-state index contributed by atoms with van der Waals surface area (Å²) in [4.78, 5) is 11.0. The van der Waals surface area contributed by atoms with Crippen molar-refractivity contribution in [2.75, 3.05) is 0 Å². The van der Waals surface area contributed by atoms with E-state index in [1.54, 1.807) is 0 Å². The summed E-state index contributed by atoms with van der Waals surface area (Å²) in [7, 11) is 0. The zero-order chi connectivity index (χ0) is 10.0. The van der Waals surface area contributed by atoms with E-state index in [9.17, 15) is 9.18 Å². The van der Waals surface area contributed by atoms with Crippen molar-refractivity contribution in [1.29, 1.82) is 0 Å². The van der Waals surface area contributed by atoms with E-state index in [-0.39, 0.29) is 11.7 Å². The highest BCUT2D eigenvalue weighted by Crippen LogP contribution is 2.30. The van der Waals surface area contributed by atoms with E-state index in [0.29, 0.717) is 17.9 Å². The van der Waals surface area contributed by atoms with Gasteiger partial charge in [0.2, 0.25) is 5.91 Å². The quantitative estimate of drug-likeness (QED) is 0.698. The summed E-state index contributed by atoms with van der Waals surface area (Å²) in [6, 6.07) is 0. The predicted molar refractivity (Wildman–Crippen MR) is 49.4 cm³/mol. The van der Waals surface area contributed by atoms with E-state index in [1.807, 2.05) is 13.8 Å². The molecule has 0 aromatic carbocycles. The fourth-order valence-electron chi connectivity index (χ4n) is 1.57. The standard InChI is InChI=1S/C10H14FNO/c1-6(2)8-4-3-7(11)5-9(8)10(12)13/h3,5-6,8H,4H2,1-2H3,(H2,12,13). The molecule has 0 radical (unpaired) electrons. The SMILES string of the molecule is CC(C)C1CC=C(F)C=C1C(N)=O. The molecule has 2 nitrogen and oxygen atoms in total. The molecule has 0 aromatic rings. The molecule has 1 aliphatic rings. The molecular formula is C10H14FNO. The lowest BCUT2D eigenvalue weighted by Crippen LogP contribution is -2.25. The van der Waals surface area contributed by atoms with Crippen LogP contribution in [0.1, 0.15) is 20.3 Å². The molecule has 0 saturated carbocycles. The Labute approximate surface area is 77.3 Å². The fraction of sp³-hybridized carbons (Fsp3) is 0.500. The zero-order valence-corrected chi connectivity index (χ0v) is 7.88. The Hall–Kier alpha value is -1.12. The van der Waals surface area contributed by atoms with Gasteiger partial charge in [0.25, 0.3) is 0 Å². The van der Waals surface area contributed by atoms with Crippen molar-refractivity contribution in [2.45, 2.75) is 20.3 Å². The van der Waals surface area contributed by atoms with Crippen molar-refractivity contribution in [3.8, 4) is 0 Å². The molecule has 0 heterocycles. The van der Waals surface area contributed by atoms with Crippen LogP contribution in [0.5, 0.6) is 0 Å². The molecule has 1 rings (SSSR count). The molecule has 1 amide bonds. The minimum atomic E-state index is -0.512. The topological polar surface area (TPSA) is 43.1 Å². The number of hydrogen-bond donors (Lipinski definition) is 1. The van der Waals surface area contributed by atoms with Crippen molar-refractivity contribution in [1.82, 2.24) is 0 Å². The summed E-state index contributed by atoms with van der Waals surface area (Å²) in [5.74, 6) is -0.493. The summed E-state index contributed by atoms with van der Waals surface area (Å²) in [5, 5.41) is 0. The first-order valence-electron chi connectivity index (χ1n) is 4.39. The number of carbonyl (C=O) groups is 1. The third kappa shape index (κ3) is 2.17. The largest absolute Gasteiger partial charge is 0.366 e. The lowest BCUT2D eigenvalue weighted by atomic mass is 9.82. The second kappa shape index (κ2) is 3.73. The maximum Gasteiger partial charge on any atom is 0.245 e. The normalized spacial score (nSPS) is 22.6. The minimum Gasteiger partial charge on any atom is -0.366 e. The van der Waals surface area contributed by atoms with Gasteiger partial charge in [0.05, 0.1) is 0 Å². The Morgan fingerprint density at radius 1 is 1.69 bits per heavy atom. The maximum absolute atomic E-state index is 12.8. The summed E-state index contributed by atoms with van der Waals surface area (Å²) >= 11 is 0. The molecule has 0 saturated heterocycles. The molecule has 0 fully saturated rings. The van der Waals surface area contributed by atoms with Crippen molar-refractivity contribution in [2.24, 2.45) is 17.6 Å². The molecule has 13 heavy (non-hydrogen) atoms. The number of nitrogens with two attached hydrogens (primary N) is 1. The van der Waals surface area contributed by atoms with Crippen LogP contribution in [0.4, 0.5) is 4.39 Å². The molecule has 0 bridgehead atoms. The van der Waals surface area contributed by atoms with Gasteiger partial charge < -0.3 is 5.73 Å². The molecule has 1 aliphatic carbocycles. The van der Waals surface area contributed by atoms with Gasteiger partial charge in [-0.2, -0.15) is 0 Å². The Balaban J connectivity index is 2.93. The van der Waals surface area contributed by atoms with E-state index in [4.69, 9.17) is 5.73 Å². The van der Waals surface area contributed by atoms with Crippen LogP contribution in [0.15, 0.2) is 23.6 Å². The monoisotopic (exact) mass is 183 g/mol. The number of amides is 1. The molecule has 0 aromatic heterocycles. The maximum atomic E-state index is 12.8. The lowest BCUT2D eigenvalue weighted by Gasteiger charge is -2.23. The summed E-state index contributed by atoms with van der Waals surface area (Å²) in [5.41, 5.74) is 5.57. The van der Waals surface area contributed by atoms with Crippen LogP contribution in [0.2, 0.25) is 0 Å². The Kier molecular flexibility index (Phi) is 2.86. The summed E-state index contributed by atoms with van der Waals surface area (Å²) in [6.07, 6.45) is 3.31. The third-order valence-corrected chi connectivity index (χ3v) is 2.35. The van der Waals surface area contributed by atoms with E-state index in [0.717, 1.165) is 0 Å². The molecule has 1 unspecified atom stereocenters. The van der Waals surface area contributed by atoms with E-state index in [2.05, 4.69) is 0 Å². The molecule has 2 N–H and O–H groups in total. The minimum absolute atomic E-state index is 0.0667. The van der Waals surface area contributed by atoms with Gasteiger partial charge in [-0.25, -0.2) is 4.39 Å².